The van der Waals surface area contributed by atoms with Crippen LogP contribution in [0.1, 0.15) is 10.6 Å². The summed E-state index contributed by atoms with van der Waals surface area (Å²) in [5, 5.41) is 4.28. The van der Waals surface area contributed by atoms with Crippen LogP contribution in [-0.4, -0.2) is 10.9 Å². The topological polar surface area (TPSA) is 42.0 Å². The predicted octanol–water partition coefficient (Wildman–Crippen LogP) is 4.28. The van der Waals surface area contributed by atoms with Crippen LogP contribution in [0.4, 0.5) is 0 Å². The highest BCUT2D eigenvalue weighted by molar-refractivity contribution is 7.19. The van der Waals surface area contributed by atoms with E-state index >= 15 is 0 Å². The Labute approximate surface area is 137 Å². The second-order valence-corrected chi connectivity index (χ2v) is 6.13. The molecule has 3 rings (SSSR count). The lowest BCUT2D eigenvalue weighted by molar-refractivity contribution is -0.116. The van der Waals surface area contributed by atoms with Crippen LogP contribution >= 0.6 is 22.9 Å². The molecule has 0 saturated heterocycles. The van der Waals surface area contributed by atoms with Crippen molar-refractivity contribution < 1.29 is 4.79 Å². The van der Waals surface area contributed by atoms with Crippen LogP contribution in [-0.2, 0) is 11.3 Å². The molecule has 110 valence electrons. The minimum atomic E-state index is -0.167. The number of fused-ring (bicyclic) bond motifs is 1. The molecule has 0 aliphatic carbocycles. The summed E-state index contributed by atoms with van der Waals surface area (Å²) >= 11 is 7.61. The third-order valence-electron chi connectivity index (χ3n) is 3.10. The van der Waals surface area contributed by atoms with Crippen molar-refractivity contribution >= 4 is 45.1 Å². The Bertz CT molecular complexity index is 808. The molecule has 1 N–H and O–H groups in total. The summed E-state index contributed by atoms with van der Waals surface area (Å²) in [6.45, 7) is 0.405. The van der Waals surface area contributed by atoms with Gasteiger partial charge in [0.25, 0.3) is 0 Å². The lowest BCUT2D eigenvalue weighted by Gasteiger charge is -2.04. The molecule has 1 heterocycles. The van der Waals surface area contributed by atoms with Gasteiger partial charge in [0, 0.05) is 17.6 Å². The minimum Gasteiger partial charge on any atom is -0.348 e. The standard InChI is InChI=1S/C17H13ClN2OS/c18-13-6-2-1-5-12(13)11-19-16(21)9-10-17-20-14-7-3-4-8-15(14)22-17/h1-10H,11H2,(H,19,21)/b10-9+. The molecule has 5 heteroatoms. The maximum absolute atomic E-state index is 11.9. The second-order valence-electron chi connectivity index (χ2n) is 4.66. The largest absolute Gasteiger partial charge is 0.348 e. The van der Waals surface area contributed by atoms with E-state index in [9.17, 15) is 4.79 Å². The van der Waals surface area contributed by atoms with E-state index in [0.29, 0.717) is 11.6 Å². The first-order valence-electron chi connectivity index (χ1n) is 6.77. The second kappa shape index (κ2) is 6.73. The molecule has 0 unspecified atom stereocenters. The third-order valence-corrected chi connectivity index (χ3v) is 4.47. The summed E-state index contributed by atoms with van der Waals surface area (Å²) in [6, 6.07) is 15.4. The van der Waals surface area contributed by atoms with Gasteiger partial charge in [0.2, 0.25) is 5.91 Å². The van der Waals surface area contributed by atoms with Gasteiger partial charge in [0.05, 0.1) is 10.2 Å². The molecular formula is C17H13ClN2OS. The summed E-state index contributed by atoms with van der Waals surface area (Å²) in [7, 11) is 0. The van der Waals surface area contributed by atoms with Crippen LogP contribution in [0.5, 0.6) is 0 Å². The summed E-state index contributed by atoms with van der Waals surface area (Å²) in [6.07, 6.45) is 3.22. The molecule has 0 atom stereocenters. The van der Waals surface area contributed by atoms with Gasteiger partial charge in [-0.2, -0.15) is 0 Å². The van der Waals surface area contributed by atoms with Crippen LogP contribution in [0.2, 0.25) is 5.02 Å². The number of nitrogens with one attached hydrogen (secondary N) is 1. The van der Waals surface area contributed by atoms with E-state index in [0.717, 1.165) is 20.8 Å². The molecule has 0 fully saturated rings. The van der Waals surface area contributed by atoms with Crippen molar-refractivity contribution in [2.45, 2.75) is 6.54 Å². The molecule has 0 radical (unpaired) electrons. The monoisotopic (exact) mass is 328 g/mol. The molecule has 0 bridgehead atoms. The Morgan fingerprint density at radius 2 is 1.95 bits per heavy atom. The van der Waals surface area contributed by atoms with Crippen LogP contribution in [0.3, 0.4) is 0 Å². The van der Waals surface area contributed by atoms with Crippen LogP contribution in [0.15, 0.2) is 54.6 Å². The van der Waals surface area contributed by atoms with E-state index in [1.165, 1.54) is 6.08 Å². The number of carbonyl (C=O) groups excluding carboxylic acids is 1. The Hall–Kier alpha value is -2.17. The normalized spacial score (nSPS) is 11.1. The quantitative estimate of drug-likeness (QED) is 0.726. The van der Waals surface area contributed by atoms with Crippen molar-refractivity contribution in [1.82, 2.24) is 10.3 Å². The maximum Gasteiger partial charge on any atom is 0.244 e. The van der Waals surface area contributed by atoms with Crippen LogP contribution < -0.4 is 5.32 Å². The molecule has 0 aliphatic rings. The number of benzene rings is 2. The van der Waals surface area contributed by atoms with Gasteiger partial charge in [0.1, 0.15) is 5.01 Å². The average molecular weight is 329 g/mol. The van der Waals surface area contributed by atoms with Crippen molar-refractivity contribution in [1.29, 1.82) is 0 Å². The summed E-state index contributed by atoms with van der Waals surface area (Å²) in [4.78, 5) is 16.3. The Morgan fingerprint density at radius 1 is 1.18 bits per heavy atom. The number of para-hydroxylation sites is 1. The van der Waals surface area contributed by atoms with Crippen molar-refractivity contribution in [3.8, 4) is 0 Å². The number of thiazole rings is 1. The maximum atomic E-state index is 11.9. The van der Waals surface area contributed by atoms with E-state index in [4.69, 9.17) is 11.6 Å². The Morgan fingerprint density at radius 3 is 2.77 bits per heavy atom. The highest BCUT2D eigenvalue weighted by atomic mass is 35.5. The molecule has 2 aromatic carbocycles. The molecule has 0 spiro atoms. The number of nitrogens with zero attached hydrogens (tertiary/aromatic N) is 1. The molecule has 3 aromatic rings. The number of amides is 1. The van der Waals surface area contributed by atoms with Gasteiger partial charge in [-0.1, -0.05) is 41.9 Å². The third kappa shape index (κ3) is 3.53. The first kappa shape index (κ1) is 14.8. The Kier molecular flexibility index (Phi) is 4.51. The summed E-state index contributed by atoms with van der Waals surface area (Å²) in [5.41, 5.74) is 1.84. The Balaban J connectivity index is 1.62. The average Bonchev–Trinajstić information content (AvgIpc) is 2.95. The van der Waals surface area contributed by atoms with E-state index in [2.05, 4.69) is 10.3 Å². The van der Waals surface area contributed by atoms with Gasteiger partial charge in [0.15, 0.2) is 0 Å². The lowest BCUT2D eigenvalue weighted by Crippen LogP contribution is -2.20. The fourth-order valence-electron chi connectivity index (χ4n) is 1.99. The zero-order valence-corrected chi connectivity index (χ0v) is 13.2. The zero-order valence-electron chi connectivity index (χ0n) is 11.6. The van der Waals surface area contributed by atoms with Crippen LogP contribution in [0, 0.1) is 0 Å². The smallest absolute Gasteiger partial charge is 0.244 e. The van der Waals surface area contributed by atoms with E-state index < -0.39 is 0 Å². The summed E-state index contributed by atoms with van der Waals surface area (Å²) in [5.74, 6) is -0.167. The van der Waals surface area contributed by atoms with Crippen LogP contribution in [0.25, 0.3) is 16.3 Å². The van der Waals surface area contributed by atoms with E-state index in [-0.39, 0.29) is 5.91 Å². The summed E-state index contributed by atoms with van der Waals surface area (Å²) < 4.78 is 1.11. The number of rotatable bonds is 4. The van der Waals surface area contributed by atoms with Crippen molar-refractivity contribution in [3.63, 3.8) is 0 Å². The number of hydrogen-bond donors (Lipinski definition) is 1. The fourth-order valence-corrected chi connectivity index (χ4v) is 3.06. The van der Waals surface area contributed by atoms with Gasteiger partial charge < -0.3 is 5.32 Å². The van der Waals surface area contributed by atoms with Gasteiger partial charge in [-0.25, -0.2) is 4.98 Å². The molecule has 0 aliphatic heterocycles. The molecular weight excluding hydrogens is 316 g/mol. The number of halogens is 1. The first-order chi connectivity index (χ1) is 10.7. The number of carbonyl (C=O) groups is 1. The highest BCUT2D eigenvalue weighted by Gasteiger charge is 2.02. The van der Waals surface area contributed by atoms with Crippen molar-refractivity contribution in [2.24, 2.45) is 0 Å². The predicted molar refractivity (Wildman–Crippen MR) is 92.0 cm³/mol. The van der Waals surface area contributed by atoms with Gasteiger partial charge in [-0.3, -0.25) is 4.79 Å². The molecule has 1 aromatic heterocycles. The first-order valence-corrected chi connectivity index (χ1v) is 7.97. The number of hydrogen-bond acceptors (Lipinski definition) is 3. The SMILES string of the molecule is O=C(/C=C/c1nc2ccccc2s1)NCc1ccccc1Cl. The highest BCUT2D eigenvalue weighted by Crippen LogP contribution is 2.22. The molecule has 3 nitrogen and oxygen atoms in total. The van der Waals surface area contributed by atoms with Gasteiger partial charge in [-0.05, 0) is 29.8 Å². The van der Waals surface area contributed by atoms with E-state index in [1.54, 1.807) is 23.5 Å². The lowest BCUT2D eigenvalue weighted by atomic mass is 10.2. The zero-order chi connectivity index (χ0) is 15.4. The van der Waals surface area contributed by atoms with Gasteiger partial charge >= 0.3 is 0 Å². The molecule has 1 amide bonds. The van der Waals surface area contributed by atoms with Crippen molar-refractivity contribution in [3.05, 3.63) is 70.2 Å². The molecule has 22 heavy (non-hydrogen) atoms. The number of aromatic nitrogens is 1. The van der Waals surface area contributed by atoms with E-state index in [1.807, 2.05) is 42.5 Å². The fraction of sp³-hybridized carbons (Fsp3) is 0.0588. The van der Waals surface area contributed by atoms with Crippen molar-refractivity contribution in [2.75, 3.05) is 0 Å². The molecule has 0 saturated carbocycles. The van der Waals surface area contributed by atoms with Gasteiger partial charge in [-0.15, -0.1) is 11.3 Å². The minimum absolute atomic E-state index is 0.167.